The maximum absolute atomic E-state index is 12.6. The van der Waals surface area contributed by atoms with Crippen LogP contribution in [0.25, 0.3) is 11.2 Å². The van der Waals surface area contributed by atoms with Crippen LogP contribution in [0.2, 0.25) is 0 Å². The molecule has 0 spiro atoms. The summed E-state index contributed by atoms with van der Waals surface area (Å²) in [5.41, 5.74) is 3.53. The van der Waals surface area contributed by atoms with Crippen molar-refractivity contribution in [3.63, 3.8) is 0 Å². The number of ether oxygens (including phenoxy) is 2. The summed E-state index contributed by atoms with van der Waals surface area (Å²) in [4.78, 5) is 26.3. The number of rotatable bonds is 8. The molecular formula is C28H33N5O3. The number of nitrogens with one attached hydrogen (secondary N) is 1. The molecule has 5 rings (SSSR count). The number of fused-ring (bicyclic) bond motifs is 1. The topological polar surface area (TPSA) is 91.2 Å². The van der Waals surface area contributed by atoms with E-state index in [0.29, 0.717) is 30.1 Å². The van der Waals surface area contributed by atoms with Gasteiger partial charge in [0.05, 0.1) is 12.9 Å². The van der Waals surface area contributed by atoms with Crippen molar-refractivity contribution in [2.75, 3.05) is 25.1 Å². The number of anilines is 1. The van der Waals surface area contributed by atoms with Gasteiger partial charge in [0.15, 0.2) is 17.0 Å². The predicted octanol–water partition coefficient (Wildman–Crippen LogP) is 5.58. The van der Waals surface area contributed by atoms with Gasteiger partial charge in [0.25, 0.3) is 0 Å². The summed E-state index contributed by atoms with van der Waals surface area (Å²) in [6, 6.07) is 20.7. The summed E-state index contributed by atoms with van der Waals surface area (Å²) in [5.74, 6) is 0.0366. The Kier molecular flexibility index (Phi) is 8.28. The molecule has 0 radical (unpaired) electrons. The number of nitrogens with zero attached hydrogens (tertiary/aromatic N) is 4. The molecule has 0 bridgehead atoms. The van der Waals surface area contributed by atoms with E-state index in [1.54, 1.807) is 13.3 Å². The van der Waals surface area contributed by atoms with Gasteiger partial charge < -0.3 is 14.8 Å². The molecule has 8 nitrogen and oxygen atoms in total. The molecule has 0 saturated carbocycles. The minimum absolute atomic E-state index is 0. The number of hydrogen-bond acceptors (Lipinski definition) is 7. The SMILES string of the molecule is C.CCOC(=O)c1nc(NCC(c2ccccc2)c2ccccc2)c2ncn(C3CCCCO3)c2n1. The summed E-state index contributed by atoms with van der Waals surface area (Å²) in [6.45, 7) is 3.27. The molecule has 2 aromatic heterocycles. The lowest BCUT2D eigenvalue weighted by Gasteiger charge is -2.24. The van der Waals surface area contributed by atoms with Crippen molar-refractivity contribution in [3.05, 3.63) is 83.9 Å². The highest BCUT2D eigenvalue weighted by molar-refractivity contribution is 5.91. The number of carbonyl (C=O) groups excluding carboxylic acids is 1. The molecule has 1 aliphatic heterocycles. The van der Waals surface area contributed by atoms with E-state index >= 15 is 0 Å². The zero-order valence-electron chi connectivity index (χ0n) is 19.8. The van der Waals surface area contributed by atoms with Crippen LogP contribution >= 0.6 is 0 Å². The first-order valence-electron chi connectivity index (χ1n) is 12.1. The molecule has 188 valence electrons. The number of carbonyl (C=O) groups is 1. The number of aromatic nitrogens is 4. The van der Waals surface area contributed by atoms with E-state index in [9.17, 15) is 4.79 Å². The van der Waals surface area contributed by atoms with Crippen LogP contribution in [-0.4, -0.2) is 45.2 Å². The van der Waals surface area contributed by atoms with E-state index in [0.717, 1.165) is 19.3 Å². The zero-order chi connectivity index (χ0) is 24.0. The fourth-order valence-corrected chi connectivity index (χ4v) is 4.48. The minimum atomic E-state index is -0.558. The summed E-state index contributed by atoms with van der Waals surface area (Å²) in [6.07, 6.45) is 4.55. The highest BCUT2D eigenvalue weighted by Gasteiger charge is 2.24. The Balaban J connectivity index is 0.00000304. The lowest BCUT2D eigenvalue weighted by Crippen LogP contribution is -2.20. The third kappa shape index (κ3) is 5.39. The van der Waals surface area contributed by atoms with Gasteiger partial charge in [-0.05, 0) is 37.3 Å². The molecular weight excluding hydrogens is 454 g/mol. The third-order valence-corrected chi connectivity index (χ3v) is 6.22. The van der Waals surface area contributed by atoms with Crippen molar-refractivity contribution in [2.45, 2.75) is 45.8 Å². The van der Waals surface area contributed by atoms with Crippen LogP contribution in [0, 0.1) is 0 Å². The molecule has 8 heteroatoms. The van der Waals surface area contributed by atoms with Gasteiger partial charge in [-0.15, -0.1) is 0 Å². The average Bonchev–Trinajstić information content (AvgIpc) is 3.35. The standard InChI is InChI=1S/C27H29N5O3.CH4/c1-2-34-27(33)25-30-24(23-26(31-25)32(18-29-23)22-15-9-10-16-35-22)28-17-21(19-11-5-3-6-12-19)20-13-7-4-8-14-20;/h3-8,11-14,18,21-22H,2,9-10,15-17H2,1H3,(H,28,30,31);1H4. The molecule has 4 aromatic rings. The molecule has 2 aromatic carbocycles. The summed E-state index contributed by atoms with van der Waals surface area (Å²) >= 11 is 0. The second-order valence-corrected chi connectivity index (χ2v) is 8.52. The number of esters is 1. The number of benzene rings is 2. The maximum Gasteiger partial charge on any atom is 0.376 e. The quantitative estimate of drug-likeness (QED) is 0.324. The van der Waals surface area contributed by atoms with Gasteiger partial charge in [0.2, 0.25) is 5.82 Å². The number of hydrogen-bond donors (Lipinski definition) is 1. The smallest absolute Gasteiger partial charge is 0.376 e. The van der Waals surface area contributed by atoms with E-state index in [-0.39, 0.29) is 32.0 Å². The van der Waals surface area contributed by atoms with Gasteiger partial charge in [0, 0.05) is 19.1 Å². The van der Waals surface area contributed by atoms with Gasteiger partial charge >= 0.3 is 5.97 Å². The summed E-state index contributed by atoms with van der Waals surface area (Å²) in [5, 5.41) is 3.46. The Morgan fingerprint density at radius 2 is 1.78 bits per heavy atom. The second-order valence-electron chi connectivity index (χ2n) is 8.52. The monoisotopic (exact) mass is 487 g/mol. The molecule has 1 atom stereocenters. The van der Waals surface area contributed by atoms with Gasteiger partial charge in [-0.2, -0.15) is 0 Å². The maximum atomic E-state index is 12.6. The molecule has 36 heavy (non-hydrogen) atoms. The minimum Gasteiger partial charge on any atom is -0.460 e. The van der Waals surface area contributed by atoms with E-state index in [1.807, 2.05) is 41.0 Å². The van der Waals surface area contributed by atoms with Crippen molar-refractivity contribution in [3.8, 4) is 0 Å². The molecule has 1 fully saturated rings. The normalized spacial score (nSPS) is 15.4. The summed E-state index contributed by atoms with van der Waals surface area (Å²) in [7, 11) is 0. The van der Waals surface area contributed by atoms with Gasteiger partial charge in [-0.1, -0.05) is 68.1 Å². The van der Waals surface area contributed by atoms with E-state index < -0.39 is 5.97 Å². The van der Waals surface area contributed by atoms with Gasteiger partial charge in [-0.3, -0.25) is 4.57 Å². The number of imidazole rings is 1. The Morgan fingerprint density at radius 1 is 1.08 bits per heavy atom. The Morgan fingerprint density at radius 3 is 2.39 bits per heavy atom. The van der Waals surface area contributed by atoms with Crippen LogP contribution in [0.1, 0.15) is 67.5 Å². The van der Waals surface area contributed by atoms with E-state index in [4.69, 9.17) is 9.47 Å². The molecule has 1 aliphatic rings. The van der Waals surface area contributed by atoms with Crippen molar-refractivity contribution < 1.29 is 14.3 Å². The van der Waals surface area contributed by atoms with Gasteiger partial charge in [-0.25, -0.2) is 19.7 Å². The molecule has 1 unspecified atom stereocenters. The lowest BCUT2D eigenvalue weighted by molar-refractivity contribution is -0.0298. The predicted molar refractivity (Wildman–Crippen MR) is 140 cm³/mol. The largest absolute Gasteiger partial charge is 0.460 e. The summed E-state index contributed by atoms with van der Waals surface area (Å²) < 4.78 is 13.1. The molecule has 0 amide bonds. The van der Waals surface area contributed by atoms with Gasteiger partial charge in [0.1, 0.15) is 6.23 Å². The average molecular weight is 488 g/mol. The third-order valence-electron chi connectivity index (χ3n) is 6.22. The molecule has 1 saturated heterocycles. The van der Waals surface area contributed by atoms with Crippen molar-refractivity contribution in [1.82, 2.24) is 19.5 Å². The van der Waals surface area contributed by atoms with Crippen LogP contribution in [0.4, 0.5) is 5.82 Å². The molecule has 3 heterocycles. The van der Waals surface area contributed by atoms with Crippen LogP contribution < -0.4 is 5.32 Å². The first-order valence-corrected chi connectivity index (χ1v) is 12.1. The fourth-order valence-electron chi connectivity index (χ4n) is 4.48. The van der Waals surface area contributed by atoms with Crippen LogP contribution in [-0.2, 0) is 9.47 Å². The van der Waals surface area contributed by atoms with E-state index in [2.05, 4.69) is 44.5 Å². The molecule has 0 aliphatic carbocycles. The van der Waals surface area contributed by atoms with E-state index in [1.165, 1.54) is 11.1 Å². The van der Waals surface area contributed by atoms with Crippen LogP contribution in [0.5, 0.6) is 0 Å². The van der Waals surface area contributed by atoms with Crippen molar-refractivity contribution in [1.29, 1.82) is 0 Å². The van der Waals surface area contributed by atoms with Crippen molar-refractivity contribution >= 4 is 23.0 Å². The molecule has 1 N–H and O–H groups in total. The lowest BCUT2D eigenvalue weighted by atomic mass is 9.91. The first-order chi connectivity index (χ1) is 17.2. The highest BCUT2D eigenvalue weighted by atomic mass is 16.5. The second kappa shape index (κ2) is 11.8. The van der Waals surface area contributed by atoms with Crippen LogP contribution in [0.15, 0.2) is 67.0 Å². The fraction of sp³-hybridized carbons (Fsp3) is 0.357. The Bertz CT molecular complexity index is 1230. The Hall–Kier alpha value is -3.78. The zero-order valence-corrected chi connectivity index (χ0v) is 19.8. The first kappa shape index (κ1) is 25.3. The highest BCUT2D eigenvalue weighted by Crippen LogP contribution is 2.30. The van der Waals surface area contributed by atoms with Crippen LogP contribution in [0.3, 0.4) is 0 Å². The van der Waals surface area contributed by atoms with Crippen molar-refractivity contribution in [2.24, 2.45) is 0 Å². The Labute approximate surface area is 211 Å².